The van der Waals surface area contributed by atoms with Crippen LogP contribution in [0.5, 0.6) is 0 Å². The number of nitrogens with zero attached hydrogens (tertiary/aromatic N) is 1. The van der Waals surface area contributed by atoms with Gasteiger partial charge in [-0.05, 0) is 38.0 Å². The van der Waals surface area contributed by atoms with Crippen molar-refractivity contribution in [1.82, 2.24) is 15.5 Å². The lowest BCUT2D eigenvalue weighted by Crippen LogP contribution is -2.52. The fourth-order valence-corrected chi connectivity index (χ4v) is 2.99. The summed E-state index contributed by atoms with van der Waals surface area (Å²) in [6.45, 7) is 8.45. The Kier molecular flexibility index (Phi) is 10.2. The topological polar surface area (TPSA) is 114 Å². The highest BCUT2D eigenvalue weighted by Gasteiger charge is 2.33. The van der Waals surface area contributed by atoms with Crippen LogP contribution < -0.4 is 10.6 Å². The second-order valence-corrected chi connectivity index (χ2v) is 8.27. The Hall–Kier alpha value is -3.01. The second-order valence-electron chi connectivity index (χ2n) is 7.90. The molecule has 0 fully saturated rings. The molecule has 0 radical (unpaired) electrons. The molecule has 1 aromatic rings. The van der Waals surface area contributed by atoms with E-state index < -0.39 is 41.6 Å². The first-order chi connectivity index (χ1) is 14.9. The first kappa shape index (κ1) is 27.0. The fraction of sp³-hybridized carbons (Fsp3) is 0.455. The van der Waals surface area contributed by atoms with E-state index in [-0.39, 0.29) is 12.3 Å². The number of likely N-dealkylation sites (N-methyl/N-ethyl adjacent to an activating group) is 1. The van der Waals surface area contributed by atoms with Crippen molar-refractivity contribution in [3.8, 4) is 0 Å². The van der Waals surface area contributed by atoms with Gasteiger partial charge < -0.3 is 25.0 Å². The van der Waals surface area contributed by atoms with Crippen molar-refractivity contribution < 1.29 is 28.7 Å². The summed E-state index contributed by atoms with van der Waals surface area (Å²) in [6, 6.07) is 4.76. The van der Waals surface area contributed by atoms with Gasteiger partial charge in [0.2, 0.25) is 11.8 Å². The van der Waals surface area contributed by atoms with Crippen LogP contribution in [-0.2, 0) is 23.9 Å². The Balaban J connectivity index is 3.18. The third kappa shape index (κ3) is 8.26. The van der Waals surface area contributed by atoms with Crippen molar-refractivity contribution in [2.45, 2.75) is 38.5 Å². The molecule has 0 aliphatic carbocycles. The lowest BCUT2D eigenvalue weighted by molar-refractivity contribution is -0.143. The number of nitrogens with one attached hydrogen (secondary N) is 2. The monoisotopic (exact) mass is 465 g/mol. The Labute approximate surface area is 193 Å². The number of ether oxygens (including phenoxy) is 2. The number of carbonyl (C=O) groups is 4. The van der Waals surface area contributed by atoms with E-state index in [4.69, 9.17) is 4.74 Å². The number of hydrogen-bond acceptors (Lipinski definition) is 7. The maximum absolute atomic E-state index is 13.2. The van der Waals surface area contributed by atoms with Crippen LogP contribution in [0, 0.1) is 0 Å². The van der Waals surface area contributed by atoms with Crippen LogP contribution in [0.1, 0.15) is 37.9 Å². The van der Waals surface area contributed by atoms with Crippen molar-refractivity contribution in [1.29, 1.82) is 0 Å². The predicted octanol–water partition coefficient (Wildman–Crippen LogP) is 1.94. The number of methoxy groups -OCH3 is 1. The molecule has 2 N–H and O–H groups in total. The molecule has 10 heteroatoms. The summed E-state index contributed by atoms with van der Waals surface area (Å²) in [5.74, 6) is -1.81. The number of carbonyl (C=O) groups excluding carboxylic acids is 4. The third-order valence-corrected chi connectivity index (χ3v) is 4.62. The van der Waals surface area contributed by atoms with Crippen molar-refractivity contribution >= 4 is 42.6 Å². The van der Waals surface area contributed by atoms with Crippen LogP contribution in [0.25, 0.3) is 6.08 Å². The minimum Gasteiger partial charge on any atom is -0.468 e. The largest absolute Gasteiger partial charge is 0.468 e. The molecule has 0 aromatic heterocycles. The molecule has 0 saturated heterocycles. The Morgan fingerprint density at radius 1 is 1.25 bits per heavy atom. The molecule has 1 aromatic carbocycles. The van der Waals surface area contributed by atoms with Gasteiger partial charge in [0, 0.05) is 12.8 Å². The number of alkyl carbamates (subject to hydrolysis) is 1. The second kappa shape index (κ2) is 12.1. The summed E-state index contributed by atoms with van der Waals surface area (Å²) < 4.78 is 9.75. The van der Waals surface area contributed by atoms with Gasteiger partial charge in [0.25, 0.3) is 0 Å². The van der Waals surface area contributed by atoms with Gasteiger partial charge in [0.15, 0.2) is 0 Å². The average molecular weight is 466 g/mol. The van der Waals surface area contributed by atoms with Gasteiger partial charge in [-0.2, -0.15) is 12.6 Å². The molecule has 9 nitrogen and oxygen atoms in total. The molecule has 3 amide bonds. The van der Waals surface area contributed by atoms with Gasteiger partial charge >= 0.3 is 12.1 Å². The average Bonchev–Trinajstić information content (AvgIpc) is 2.74. The summed E-state index contributed by atoms with van der Waals surface area (Å²) in [4.78, 5) is 50.9. The molecule has 176 valence electrons. The van der Waals surface area contributed by atoms with E-state index in [1.54, 1.807) is 51.1 Å². The van der Waals surface area contributed by atoms with Crippen molar-refractivity contribution in [3.63, 3.8) is 0 Å². The standard InChI is InChI=1S/C22H31N3O6S/c1-7-14-9-8-10-15(11-14)18(19(27)23-12-17(26)30-6)25(5)20(28)16(13-32)24-21(29)31-22(2,3)4/h7-11,16,18,32H,1,12-13H2,2-6H3,(H,23,27)(H,24,29). The lowest BCUT2D eigenvalue weighted by atomic mass is 10.0. The number of rotatable bonds is 9. The van der Waals surface area contributed by atoms with E-state index in [2.05, 4.69) is 34.6 Å². The maximum atomic E-state index is 13.2. The summed E-state index contributed by atoms with van der Waals surface area (Å²) in [6.07, 6.45) is 0.827. The highest BCUT2D eigenvalue weighted by Crippen LogP contribution is 2.23. The van der Waals surface area contributed by atoms with Gasteiger partial charge in [-0.1, -0.05) is 30.9 Å². The molecule has 1 rings (SSSR count). The number of hydrogen-bond donors (Lipinski definition) is 3. The highest BCUT2D eigenvalue weighted by atomic mass is 32.1. The van der Waals surface area contributed by atoms with Crippen LogP contribution in [-0.4, -0.2) is 66.9 Å². The van der Waals surface area contributed by atoms with Crippen LogP contribution in [0.15, 0.2) is 30.8 Å². The third-order valence-electron chi connectivity index (χ3n) is 4.25. The minimum atomic E-state index is -1.09. The fourth-order valence-electron chi connectivity index (χ4n) is 2.74. The van der Waals surface area contributed by atoms with Crippen LogP contribution in [0.3, 0.4) is 0 Å². The van der Waals surface area contributed by atoms with Crippen molar-refractivity contribution in [2.75, 3.05) is 26.5 Å². The van der Waals surface area contributed by atoms with Crippen LogP contribution in [0.2, 0.25) is 0 Å². The molecule has 0 aliphatic heterocycles. The number of esters is 1. The summed E-state index contributed by atoms with van der Waals surface area (Å²) >= 11 is 4.16. The summed E-state index contributed by atoms with van der Waals surface area (Å²) in [7, 11) is 2.63. The summed E-state index contributed by atoms with van der Waals surface area (Å²) in [5.41, 5.74) is 0.490. The van der Waals surface area contributed by atoms with Gasteiger partial charge in [-0.25, -0.2) is 4.79 Å². The first-order valence-electron chi connectivity index (χ1n) is 9.87. The van der Waals surface area contributed by atoms with E-state index in [1.807, 2.05) is 0 Å². The van der Waals surface area contributed by atoms with Crippen molar-refractivity contribution in [2.24, 2.45) is 0 Å². The molecule has 2 unspecified atom stereocenters. The molecule has 0 saturated carbocycles. The molecule has 2 atom stereocenters. The quantitative estimate of drug-likeness (QED) is 0.379. The van der Waals surface area contributed by atoms with Gasteiger partial charge in [0.1, 0.15) is 24.2 Å². The zero-order valence-electron chi connectivity index (χ0n) is 19.0. The smallest absolute Gasteiger partial charge is 0.408 e. The number of benzene rings is 1. The maximum Gasteiger partial charge on any atom is 0.408 e. The first-order valence-corrected chi connectivity index (χ1v) is 10.5. The van der Waals surface area contributed by atoms with Gasteiger partial charge in [-0.15, -0.1) is 0 Å². The molecule has 0 aliphatic rings. The van der Waals surface area contributed by atoms with Crippen LogP contribution >= 0.6 is 12.6 Å². The molecular formula is C22H31N3O6S. The summed E-state index contributed by atoms with van der Waals surface area (Å²) in [5, 5.41) is 4.95. The Bertz CT molecular complexity index is 852. The molecule has 32 heavy (non-hydrogen) atoms. The van der Waals surface area contributed by atoms with Crippen molar-refractivity contribution in [3.05, 3.63) is 42.0 Å². The molecular weight excluding hydrogens is 434 g/mol. The molecule has 0 bridgehead atoms. The van der Waals surface area contributed by atoms with Gasteiger partial charge in [0.05, 0.1) is 7.11 Å². The van der Waals surface area contributed by atoms with E-state index in [0.717, 1.165) is 5.56 Å². The van der Waals surface area contributed by atoms with Gasteiger partial charge in [-0.3, -0.25) is 14.4 Å². The Morgan fingerprint density at radius 2 is 1.91 bits per heavy atom. The normalized spacial score (nSPS) is 12.7. The zero-order chi connectivity index (χ0) is 24.5. The molecule has 0 heterocycles. The number of thiol groups is 1. The predicted molar refractivity (Wildman–Crippen MR) is 124 cm³/mol. The SMILES string of the molecule is C=Cc1cccc(C(C(=O)NCC(=O)OC)N(C)C(=O)C(CS)NC(=O)OC(C)(C)C)c1. The highest BCUT2D eigenvalue weighted by molar-refractivity contribution is 7.80. The van der Waals surface area contributed by atoms with E-state index in [0.29, 0.717) is 5.56 Å². The van der Waals surface area contributed by atoms with E-state index >= 15 is 0 Å². The number of amides is 3. The molecule has 0 spiro atoms. The Morgan fingerprint density at radius 3 is 2.44 bits per heavy atom. The minimum absolute atomic E-state index is 0.0222. The zero-order valence-corrected chi connectivity index (χ0v) is 19.9. The lowest BCUT2D eigenvalue weighted by Gasteiger charge is -2.31. The van der Waals surface area contributed by atoms with E-state index in [9.17, 15) is 19.2 Å². The van der Waals surface area contributed by atoms with E-state index in [1.165, 1.54) is 19.1 Å². The van der Waals surface area contributed by atoms with Crippen LogP contribution in [0.4, 0.5) is 4.79 Å².